The molecule has 8 heteroatoms. The Bertz CT molecular complexity index is 889. The molecule has 23 heavy (non-hydrogen) atoms. The molecule has 2 rings (SSSR count). The van der Waals surface area contributed by atoms with Gasteiger partial charge in [-0.1, -0.05) is 30.3 Å². The second-order valence-electron chi connectivity index (χ2n) is 5.10. The van der Waals surface area contributed by atoms with Crippen LogP contribution in [0, 0.1) is 6.92 Å². The van der Waals surface area contributed by atoms with Gasteiger partial charge in [0.25, 0.3) is 0 Å². The highest BCUT2D eigenvalue weighted by atomic mass is 32.2. The van der Waals surface area contributed by atoms with Crippen LogP contribution in [-0.4, -0.2) is 23.4 Å². The molecule has 0 amide bonds. The van der Waals surface area contributed by atoms with E-state index in [-0.39, 0.29) is 16.3 Å². The Kier molecular flexibility index (Phi) is 5.20. The number of hydrogen-bond donors (Lipinski definition) is 2. The summed E-state index contributed by atoms with van der Waals surface area (Å²) in [7, 11) is -7.27. The predicted octanol–water partition coefficient (Wildman–Crippen LogP) is 1.16. The van der Waals surface area contributed by atoms with E-state index < -0.39 is 20.0 Å². The molecule has 6 nitrogen and oxygen atoms in total. The summed E-state index contributed by atoms with van der Waals surface area (Å²) in [5.74, 6) is 0. The molecule has 0 aromatic heterocycles. The van der Waals surface area contributed by atoms with Gasteiger partial charge in [-0.25, -0.2) is 26.7 Å². The fourth-order valence-electron chi connectivity index (χ4n) is 2.11. The van der Waals surface area contributed by atoms with E-state index in [1.165, 1.54) is 12.1 Å². The van der Waals surface area contributed by atoms with E-state index in [0.29, 0.717) is 12.0 Å². The van der Waals surface area contributed by atoms with Crippen LogP contribution in [0.3, 0.4) is 0 Å². The maximum Gasteiger partial charge on any atom is 0.240 e. The average Bonchev–Trinajstić information content (AvgIpc) is 2.47. The fraction of sp³-hybridized carbons (Fsp3) is 0.200. The van der Waals surface area contributed by atoms with Crippen LogP contribution in [0.5, 0.6) is 0 Å². The van der Waals surface area contributed by atoms with Crippen molar-refractivity contribution in [1.29, 1.82) is 0 Å². The lowest BCUT2D eigenvalue weighted by Gasteiger charge is -2.09. The van der Waals surface area contributed by atoms with Crippen molar-refractivity contribution in [2.45, 2.75) is 23.1 Å². The monoisotopic (exact) mass is 354 g/mol. The minimum absolute atomic E-state index is 0.0294. The van der Waals surface area contributed by atoms with Gasteiger partial charge in [-0.05, 0) is 42.7 Å². The first-order valence-electron chi connectivity index (χ1n) is 6.87. The van der Waals surface area contributed by atoms with E-state index in [9.17, 15) is 16.8 Å². The van der Waals surface area contributed by atoms with Crippen LogP contribution in [-0.2, 0) is 26.5 Å². The molecular formula is C15H18N2O4S2. The van der Waals surface area contributed by atoms with Crippen molar-refractivity contribution in [2.75, 3.05) is 6.54 Å². The molecule has 3 N–H and O–H groups in total. The Morgan fingerprint density at radius 2 is 1.57 bits per heavy atom. The zero-order chi connectivity index (χ0) is 17.1. The SMILES string of the molecule is Cc1ccccc1S(=O)(=O)NCCc1ccc(S(N)(=O)=O)cc1. The molecule has 0 aliphatic heterocycles. The average molecular weight is 354 g/mol. The van der Waals surface area contributed by atoms with Gasteiger partial charge in [0.05, 0.1) is 9.79 Å². The lowest BCUT2D eigenvalue weighted by Crippen LogP contribution is -2.26. The summed E-state index contributed by atoms with van der Waals surface area (Å²) in [5.41, 5.74) is 1.49. The first kappa shape index (κ1) is 17.6. The largest absolute Gasteiger partial charge is 0.240 e. The van der Waals surface area contributed by atoms with Crippen LogP contribution >= 0.6 is 0 Å². The van der Waals surface area contributed by atoms with Crippen molar-refractivity contribution in [3.8, 4) is 0 Å². The third-order valence-corrected chi connectivity index (χ3v) is 5.89. The van der Waals surface area contributed by atoms with Crippen LogP contribution in [0.15, 0.2) is 58.3 Å². The quantitative estimate of drug-likeness (QED) is 0.812. The van der Waals surface area contributed by atoms with Crippen LogP contribution in [0.25, 0.3) is 0 Å². The van der Waals surface area contributed by atoms with E-state index >= 15 is 0 Å². The Balaban J connectivity index is 2.01. The third-order valence-electron chi connectivity index (χ3n) is 3.34. The number of nitrogens with two attached hydrogens (primary N) is 1. The second kappa shape index (κ2) is 6.79. The van der Waals surface area contributed by atoms with E-state index in [1.54, 1.807) is 43.3 Å². The summed E-state index contributed by atoms with van der Waals surface area (Å²) >= 11 is 0. The number of nitrogens with one attached hydrogen (secondary N) is 1. The first-order chi connectivity index (χ1) is 10.7. The molecule has 0 bridgehead atoms. The van der Waals surface area contributed by atoms with Crippen molar-refractivity contribution >= 4 is 20.0 Å². The minimum atomic E-state index is -3.72. The predicted molar refractivity (Wildman–Crippen MR) is 87.9 cm³/mol. The Morgan fingerprint density at radius 1 is 0.957 bits per heavy atom. The smallest absolute Gasteiger partial charge is 0.225 e. The molecule has 0 saturated heterocycles. The highest BCUT2D eigenvalue weighted by Gasteiger charge is 2.15. The van der Waals surface area contributed by atoms with Crippen molar-refractivity contribution in [1.82, 2.24) is 4.72 Å². The highest BCUT2D eigenvalue weighted by Crippen LogP contribution is 2.14. The molecule has 0 fully saturated rings. The highest BCUT2D eigenvalue weighted by molar-refractivity contribution is 7.89. The van der Waals surface area contributed by atoms with E-state index in [2.05, 4.69) is 4.72 Å². The van der Waals surface area contributed by atoms with E-state index in [0.717, 1.165) is 5.56 Å². The van der Waals surface area contributed by atoms with Crippen LogP contribution < -0.4 is 9.86 Å². The van der Waals surface area contributed by atoms with Crippen molar-refractivity contribution in [3.05, 3.63) is 59.7 Å². The Labute approximate surface area is 136 Å². The van der Waals surface area contributed by atoms with Gasteiger partial charge in [0.15, 0.2) is 0 Å². The number of aryl methyl sites for hydroxylation is 1. The first-order valence-corrected chi connectivity index (χ1v) is 9.90. The van der Waals surface area contributed by atoms with Crippen molar-refractivity contribution in [2.24, 2.45) is 5.14 Å². The van der Waals surface area contributed by atoms with Crippen LogP contribution in [0.4, 0.5) is 0 Å². The van der Waals surface area contributed by atoms with Gasteiger partial charge >= 0.3 is 0 Å². The van der Waals surface area contributed by atoms with Crippen LogP contribution in [0.1, 0.15) is 11.1 Å². The molecule has 0 spiro atoms. The Hall–Kier alpha value is -1.74. The maximum absolute atomic E-state index is 12.2. The summed E-state index contributed by atoms with van der Waals surface area (Å²) in [6.45, 7) is 1.95. The van der Waals surface area contributed by atoms with Gasteiger partial charge in [0.1, 0.15) is 0 Å². The summed E-state index contributed by atoms with van der Waals surface area (Å²) in [5, 5.41) is 5.02. The van der Waals surface area contributed by atoms with E-state index in [4.69, 9.17) is 5.14 Å². The second-order valence-corrected chi connectivity index (χ2v) is 8.40. The fourth-order valence-corrected chi connectivity index (χ4v) is 3.90. The molecule has 0 aliphatic carbocycles. The molecule has 2 aromatic rings. The number of sulfonamides is 2. The van der Waals surface area contributed by atoms with Gasteiger partial charge in [0.2, 0.25) is 20.0 Å². The lowest BCUT2D eigenvalue weighted by molar-refractivity contribution is 0.581. The van der Waals surface area contributed by atoms with Crippen molar-refractivity contribution < 1.29 is 16.8 Å². The van der Waals surface area contributed by atoms with E-state index in [1.807, 2.05) is 0 Å². The van der Waals surface area contributed by atoms with Gasteiger partial charge < -0.3 is 0 Å². The summed E-state index contributed by atoms with van der Waals surface area (Å²) in [6.07, 6.45) is 0.440. The van der Waals surface area contributed by atoms with Gasteiger partial charge in [-0.2, -0.15) is 0 Å². The van der Waals surface area contributed by atoms with Gasteiger partial charge in [-0.3, -0.25) is 0 Å². The zero-order valence-electron chi connectivity index (χ0n) is 12.6. The van der Waals surface area contributed by atoms with Crippen LogP contribution in [0.2, 0.25) is 0 Å². The zero-order valence-corrected chi connectivity index (χ0v) is 14.2. The van der Waals surface area contributed by atoms with Gasteiger partial charge in [0, 0.05) is 6.54 Å². The molecule has 0 aliphatic rings. The normalized spacial score (nSPS) is 12.3. The maximum atomic E-state index is 12.2. The molecule has 0 heterocycles. The number of rotatable bonds is 6. The standard InChI is InChI=1S/C15H18N2O4S2/c1-12-4-2-3-5-15(12)23(20,21)17-11-10-13-6-8-14(9-7-13)22(16,18)19/h2-9,17H,10-11H2,1H3,(H2,16,18,19). The molecule has 2 aromatic carbocycles. The van der Waals surface area contributed by atoms with Crippen molar-refractivity contribution in [3.63, 3.8) is 0 Å². The lowest BCUT2D eigenvalue weighted by atomic mass is 10.2. The Morgan fingerprint density at radius 3 is 2.13 bits per heavy atom. The number of hydrogen-bond acceptors (Lipinski definition) is 4. The molecule has 0 saturated carbocycles. The molecule has 0 radical (unpaired) electrons. The molecule has 124 valence electrons. The summed E-state index contributed by atoms with van der Waals surface area (Å²) < 4.78 is 49.3. The van der Waals surface area contributed by atoms with Gasteiger partial charge in [-0.15, -0.1) is 0 Å². The number of primary sulfonamides is 1. The molecule has 0 atom stereocenters. The summed E-state index contributed by atoms with van der Waals surface area (Å²) in [6, 6.07) is 12.8. The topological polar surface area (TPSA) is 106 Å². The minimum Gasteiger partial charge on any atom is -0.225 e. The molecular weight excluding hydrogens is 336 g/mol. The third kappa shape index (κ3) is 4.61. The molecule has 0 unspecified atom stereocenters. The number of benzene rings is 2. The summed E-state index contributed by atoms with van der Waals surface area (Å²) in [4.78, 5) is 0.284.